The van der Waals surface area contributed by atoms with Crippen molar-refractivity contribution in [1.82, 2.24) is 10.2 Å². The van der Waals surface area contributed by atoms with Crippen LogP contribution in [0, 0.1) is 5.92 Å². The highest BCUT2D eigenvalue weighted by atomic mass is 16.5. The molecule has 2 unspecified atom stereocenters. The third-order valence-electron chi connectivity index (χ3n) is 5.05. The highest BCUT2D eigenvalue weighted by molar-refractivity contribution is 5.95. The third-order valence-corrected chi connectivity index (χ3v) is 5.05. The van der Waals surface area contributed by atoms with Crippen LogP contribution in [0.15, 0.2) is 24.8 Å². The predicted octanol–water partition coefficient (Wildman–Crippen LogP) is 3.28. The Labute approximate surface area is 157 Å². The minimum atomic E-state index is -0.0897. The first-order valence-corrected chi connectivity index (χ1v) is 9.38. The number of nitrogens with zero attached hydrogens (tertiary/aromatic N) is 1. The fraction of sp³-hybridized carbons (Fsp3) is 0.571. The van der Waals surface area contributed by atoms with Crippen molar-refractivity contribution in [1.29, 1.82) is 0 Å². The van der Waals surface area contributed by atoms with Crippen molar-refractivity contribution in [2.24, 2.45) is 5.92 Å². The van der Waals surface area contributed by atoms with E-state index in [1.54, 1.807) is 26.4 Å². The second-order valence-electron chi connectivity index (χ2n) is 7.17. The normalized spacial score (nSPS) is 18.8. The number of methoxy groups -OCH3 is 2. The Morgan fingerprint density at radius 1 is 1.42 bits per heavy atom. The highest BCUT2D eigenvalue weighted by Crippen LogP contribution is 2.33. The number of rotatable bonds is 8. The average Bonchev–Trinajstić information content (AvgIpc) is 2.65. The largest absolute Gasteiger partial charge is 0.493 e. The van der Waals surface area contributed by atoms with Crippen molar-refractivity contribution in [3.05, 3.63) is 35.9 Å². The number of carbonyl (C=O) groups excluding carboxylic acids is 1. The van der Waals surface area contributed by atoms with Crippen molar-refractivity contribution in [3.63, 3.8) is 0 Å². The van der Waals surface area contributed by atoms with E-state index in [0.29, 0.717) is 36.1 Å². The molecule has 1 N–H and O–H groups in total. The summed E-state index contributed by atoms with van der Waals surface area (Å²) < 4.78 is 10.8. The van der Waals surface area contributed by atoms with Gasteiger partial charge in [0.1, 0.15) is 0 Å². The van der Waals surface area contributed by atoms with Crippen molar-refractivity contribution >= 4 is 5.91 Å². The molecule has 1 aliphatic heterocycles. The molecule has 0 spiro atoms. The van der Waals surface area contributed by atoms with Crippen molar-refractivity contribution in [2.45, 2.75) is 39.2 Å². The topological polar surface area (TPSA) is 50.8 Å². The first kappa shape index (κ1) is 20.3. The lowest BCUT2D eigenvalue weighted by Gasteiger charge is -2.35. The molecule has 0 radical (unpaired) electrons. The Kier molecular flexibility index (Phi) is 7.51. The van der Waals surface area contributed by atoms with Crippen LogP contribution in [0.1, 0.15) is 42.6 Å². The van der Waals surface area contributed by atoms with Crippen LogP contribution in [0.5, 0.6) is 11.5 Å². The minimum absolute atomic E-state index is 0.0897. The standard InChI is InChI=1S/C21H32N2O3/c1-6-8-17-11-18(12-19(25-4)20(17)26-5)21(24)22-13-16(3)23-10-7-9-15(2)14-23/h6,11-12,15-16H,1,7-10,13-14H2,2-5H3,(H,22,24). The molecule has 1 amide bonds. The van der Waals surface area contributed by atoms with Gasteiger partial charge in [-0.2, -0.15) is 0 Å². The zero-order valence-electron chi connectivity index (χ0n) is 16.5. The Hall–Kier alpha value is -2.01. The molecule has 0 bridgehead atoms. The molecule has 2 rings (SSSR count). The average molecular weight is 360 g/mol. The van der Waals surface area contributed by atoms with Gasteiger partial charge >= 0.3 is 0 Å². The van der Waals surface area contributed by atoms with Crippen molar-refractivity contribution in [3.8, 4) is 11.5 Å². The van der Waals surface area contributed by atoms with Crippen molar-refractivity contribution < 1.29 is 14.3 Å². The monoisotopic (exact) mass is 360 g/mol. The van der Waals surface area contributed by atoms with Gasteiger partial charge in [0.25, 0.3) is 5.91 Å². The number of likely N-dealkylation sites (tertiary alicyclic amines) is 1. The summed E-state index contributed by atoms with van der Waals surface area (Å²) in [6.45, 7) is 11.1. The van der Waals surface area contributed by atoms with Crippen molar-refractivity contribution in [2.75, 3.05) is 33.9 Å². The van der Waals surface area contributed by atoms with Crippen LogP contribution >= 0.6 is 0 Å². The SMILES string of the molecule is C=CCc1cc(C(=O)NCC(C)N2CCCC(C)C2)cc(OC)c1OC. The van der Waals surface area contributed by atoms with Gasteiger partial charge in [-0.05, 0) is 50.8 Å². The van der Waals surface area contributed by atoms with Gasteiger partial charge in [0.05, 0.1) is 14.2 Å². The lowest BCUT2D eigenvalue weighted by Crippen LogP contribution is -2.46. The molecule has 1 aliphatic rings. The molecule has 5 nitrogen and oxygen atoms in total. The number of nitrogens with one attached hydrogen (secondary N) is 1. The zero-order chi connectivity index (χ0) is 19.1. The second-order valence-corrected chi connectivity index (χ2v) is 7.17. The fourth-order valence-corrected chi connectivity index (χ4v) is 3.58. The quantitative estimate of drug-likeness (QED) is 0.723. The maximum Gasteiger partial charge on any atom is 0.251 e. The molecule has 1 aromatic rings. The Bertz CT molecular complexity index is 630. The predicted molar refractivity (Wildman–Crippen MR) is 105 cm³/mol. The Morgan fingerprint density at radius 2 is 2.19 bits per heavy atom. The van der Waals surface area contributed by atoms with Crippen LogP contribution in [-0.2, 0) is 6.42 Å². The van der Waals surface area contributed by atoms with E-state index in [1.807, 2.05) is 6.07 Å². The molecule has 1 heterocycles. The van der Waals surface area contributed by atoms with Gasteiger partial charge in [0, 0.05) is 30.3 Å². The van der Waals surface area contributed by atoms with Gasteiger partial charge in [-0.3, -0.25) is 9.69 Å². The van der Waals surface area contributed by atoms with Crippen LogP contribution in [0.25, 0.3) is 0 Å². The summed E-state index contributed by atoms with van der Waals surface area (Å²) in [6, 6.07) is 3.91. The van der Waals surface area contributed by atoms with Crippen LogP contribution in [-0.4, -0.2) is 50.7 Å². The summed E-state index contributed by atoms with van der Waals surface area (Å²) in [5.74, 6) is 1.86. The number of piperidine rings is 1. The molecule has 0 aromatic heterocycles. The molecule has 2 atom stereocenters. The van der Waals surface area contributed by atoms with E-state index in [1.165, 1.54) is 12.8 Å². The van der Waals surface area contributed by atoms with E-state index in [0.717, 1.165) is 24.6 Å². The van der Waals surface area contributed by atoms with E-state index in [2.05, 4.69) is 30.6 Å². The number of hydrogen-bond donors (Lipinski definition) is 1. The summed E-state index contributed by atoms with van der Waals surface area (Å²) in [6.07, 6.45) is 4.94. The number of ether oxygens (including phenoxy) is 2. The van der Waals surface area contributed by atoms with Gasteiger partial charge in [-0.15, -0.1) is 6.58 Å². The zero-order valence-corrected chi connectivity index (χ0v) is 16.5. The molecule has 1 fully saturated rings. The summed E-state index contributed by atoms with van der Waals surface area (Å²) in [5, 5.41) is 3.07. The molecule has 0 aliphatic carbocycles. The lowest BCUT2D eigenvalue weighted by atomic mass is 9.99. The fourth-order valence-electron chi connectivity index (χ4n) is 3.58. The van der Waals surface area contributed by atoms with Gasteiger partial charge < -0.3 is 14.8 Å². The minimum Gasteiger partial charge on any atom is -0.493 e. The van der Waals surface area contributed by atoms with E-state index in [4.69, 9.17) is 9.47 Å². The smallest absolute Gasteiger partial charge is 0.251 e. The maximum atomic E-state index is 12.7. The number of carbonyl (C=O) groups is 1. The van der Waals surface area contributed by atoms with Crippen LogP contribution < -0.4 is 14.8 Å². The summed E-state index contributed by atoms with van der Waals surface area (Å²) in [4.78, 5) is 15.1. The molecular weight excluding hydrogens is 328 g/mol. The first-order chi connectivity index (χ1) is 12.5. The van der Waals surface area contributed by atoms with Gasteiger partial charge in [-0.1, -0.05) is 13.0 Å². The van der Waals surface area contributed by atoms with E-state index in [9.17, 15) is 4.79 Å². The number of hydrogen-bond acceptors (Lipinski definition) is 4. The molecule has 5 heteroatoms. The van der Waals surface area contributed by atoms with E-state index in [-0.39, 0.29) is 5.91 Å². The first-order valence-electron chi connectivity index (χ1n) is 9.38. The molecular formula is C21H32N2O3. The van der Waals surface area contributed by atoms with Gasteiger partial charge in [-0.25, -0.2) is 0 Å². The summed E-state index contributed by atoms with van der Waals surface area (Å²) >= 11 is 0. The number of amides is 1. The third kappa shape index (κ3) is 5.01. The van der Waals surface area contributed by atoms with E-state index >= 15 is 0 Å². The molecule has 144 valence electrons. The maximum absolute atomic E-state index is 12.7. The number of benzene rings is 1. The molecule has 26 heavy (non-hydrogen) atoms. The Morgan fingerprint density at radius 3 is 2.81 bits per heavy atom. The van der Waals surface area contributed by atoms with E-state index < -0.39 is 0 Å². The van der Waals surface area contributed by atoms with Gasteiger partial charge in [0.2, 0.25) is 0 Å². The second kappa shape index (κ2) is 9.62. The summed E-state index contributed by atoms with van der Waals surface area (Å²) in [5.41, 5.74) is 1.48. The molecule has 1 aromatic carbocycles. The van der Waals surface area contributed by atoms with Crippen LogP contribution in [0.2, 0.25) is 0 Å². The van der Waals surface area contributed by atoms with Crippen LogP contribution in [0.4, 0.5) is 0 Å². The number of allylic oxidation sites excluding steroid dienone is 1. The molecule has 1 saturated heterocycles. The lowest BCUT2D eigenvalue weighted by molar-refractivity contribution is 0.0917. The molecule has 0 saturated carbocycles. The Balaban J connectivity index is 2.06. The van der Waals surface area contributed by atoms with Crippen LogP contribution in [0.3, 0.4) is 0 Å². The highest BCUT2D eigenvalue weighted by Gasteiger charge is 2.22. The van der Waals surface area contributed by atoms with Gasteiger partial charge in [0.15, 0.2) is 11.5 Å². The summed E-state index contributed by atoms with van der Waals surface area (Å²) in [7, 11) is 3.18.